The van der Waals surface area contributed by atoms with Gasteiger partial charge in [-0.3, -0.25) is 9.36 Å². The molecule has 0 atom stereocenters. The summed E-state index contributed by atoms with van der Waals surface area (Å²) in [6, 6.07) is 13.2. The highest BCUT2D eigenvalue weighted by Crippen LogP contribution is 2.20. The number of aromatic nitrogens is 2. The van der Waals surface area contributed by atoms with E-state index in [1.165, 1.54) is 23.9 Å². The number of hydrogen-bond donors (Lipinski definition) is 1. The molecule has 0 unspecified atom stereocenters. The van der Waals surface area contributed by atoms with Crippen LogP contribution in [-0.2, 0) is 4.79 Å². The van der Waals surface area contributed by atoms with Gasteiger partial charge in [-0.2, -0.15) is 0 Å². The summed E-state index contributed by atoms with van der Waals surface area (Å²) >= 11 is 7.09. The van der Waals surface area contributed by atoms with Crippen LogP contribution in [0.2, 0.25) is 5.02 Å². The summed E-state index contributed by atoms with van der Waals surface area (Å²) in [7, 11) is 0. The van der Waals surface area contributed by atoms with Gasteiger partial charge in [0.05, 0.1) is 18.0 Å². The second-order valence-electron chi connectivity index (χ2n) is 5.50. The molecule has 27 heavy (non-hydrogen) atoms. The number of carbonyl (C=O) groups excluding carboxylic acids is 1. The first-order chi connectivity index (χ1) is 13.1. The van der Waals surface area contributed by atoms with Gasteiger partial charge in [-0.1, -0.05) is 29.4 Å². The van der Waals surface area contributed by atoms with Crippen LogP contribution in [0.25, 0.3) is 5.69 Å². The maximum atomic E-state index is 13.4. The molecular weight excluding hydrogens is 389 g/mol. The van der Waals surface area contributed by atoms with E-state index in [9.17, 15) is 9.18 Å². The normalized spacial score (nSPS) is 10.6. The van der Waals surface area contributed by atoms with Crippen LogP contribution in [0.15, 0.2) is 66.1 Å². The number of hydrogen-bond acceptors (Lipinski definition) is 4. The van der Waals surface area contributed by atoms with Crippen molar-refractivity contribution in [3.8, 4) is 11.4 Å². The third-order valence-electron chi connectivity index (χ3n) is 3.53. The van der Waals surface area contributed by atoms with Gasteiger partial charge >= 0.3 is 0 Å². The molecule has 1 N–H and O–H groups in total. The number of imidazole rings is 1. The van der Waals surface area contributed by atoms with E-state index in [2.05, 4.69) is 10.3 Å². The van der Waals surface area contributed by atoms with E-state index in [4.69, 9.17) is 16.3 Å². The Hall–Kier alpha value is -2.51. The van der Waals surface area contributed by atoms with E-state index in [0.29, 0.717) is 34.8 Å². The lowest BCUT2D eigenvalue weighted by molar-refractivity contribution is -0.118. The summed E-state index contributed by atoms with van der Waals surface area (Å²) in [5, 5.41) is 4.05. The number of benzene rings is 2. The molecule has 140 valence electrons. The lowest BCUT2D eigenvalue weighted by Crippen LogP contribution is -2.29. The summed E-state index contributed by atoms with van der Waals surface area (Å²) in [4.78, 5) is 16.2. The van der Waals surface area contributed by atoms with E-state index in [1.54, 1.807) is 53.4 Å². The number of halogens is 2. The van der Waals surface area contributed by atoms with Gasteiger partial charge in [-0.25, -0.2) is 9.37 Å². The van der Waals surface area contributed by atoms with Crippen LogP contribution in [0.4, 0.5) is 4.39 Å². The largest absolute Gasteiger partial charge is 0.492 e. The number of carbonyl (C=O) groups is 1. The Kier molecular flexibility index (Phi) is 6.73. The predicted octanol–water partition coefficient (Wildman–Crippen LogP) is 3.95. The Morgan fingerprint density at radius 2 is 2.07 bits per heavy atom. The molecule has 0 saturated heterocycles. The van der Waals surface area contributed by atoms with Crippen molar-refractivity contribution in [3.05, 3.63) is 71.8 Å². The van der Waals surface area contributed by atoms with E-state index >= 15 is 0 Å². The quantitative estimate of drug-likeness (QED) is 0.455. The monoisotopic (exact) mass is 405 g/mol. The number of amides is 1. The topological polar surface area (TPSA) is 56.2 Å². The van der Waals surface area contributed by atoms with Gasteiger partial charge in [0.1, 0.15) is 18.2 Å². The molecule has 3 aromatic rings. The van der Waals surface area contributed by atoms with Crippen molar-refractivity contribution < 1.29 is 13.9 Å². The van der Waals surface area contributed by atoms with Crippen LogP contribution in [-0.4, -0.2) is 34.4 Å². The Morgan fingerprint density at radius 1 is 1.26 bits per heavy atom. The second-order valence-corrected chi connectivity index (χ2v) is 6.88. The van der Waals surface area contributed by atoms with E-state index in [1.807, 2.05) is 0 Å². The summed E-state index contributed by atoms with van der Waals surface area (Å²) in [5.41, 5.74) is 0.659. The lowest BCUT2D eigenvalue weighted by atomic mass is 10.3. The van der Waals surface area contributed by atoms with Crippen molar-refractivity contribution in [1.82, 2.24) is 14.9 Å². The maximum absolute atomic E-state index is 13.4. The van der Waals surface area contributed by atoms with Crippen molar-refractivity contribution >= 4 is 29.3 Å². The fourth-order valence-electron chi connectivity index (χ4n) is 2.29. The van der Waals surface area contributed by atoms with E-state index in [0.717, 1.165) is 0 Å². The van der Waals surface area contributed by atoms with Crippen molar-refractivity contribution in [2.45, 2.75) is 5.16 Å². The molecule has 8 heteroatoms. The van der Waals surface area contributed by atoms with E-state index < -0.39 is 0 Å². The average molecular weight is 406 g/mol. The van der Waals surface area contributed by atoms with Gasteiger partial charge in [0.25, 0.3) is 0 Å². The van der Waals surface area contributed by atoms with Crippen LogP contribution in [0.5, 0.6) is 5.75 Å². The first kappa shape index (κ1) is 19.3. The molecule has 0 aliphatic heterocycles. The second kappa shape index (κ2) is 9.43. The smallest absolute Gasteiger partial charge is 0.230 e. The fraction of sp³-hybridized carbons (Fsp3) is 0.158. The van der Waals surface area contributed by atoms with Crippen molar-refractivity contribution in [3.63, 3.8) is 0 Å². The highest BCUT2D eigenvalue weighted by Gasteiger charge is 2.09. The third kappa shape index (κ3) is 5.74. The molecule has 1 aromatic heterocycles. The number of rotatable bonds is 8. The van der Waals surface area contributed by atoms with Gasteiger partial charge in [0.2, 0.25) is 5.91 Å². The highest BCUT2D eigenvalue weighted by molar-refractivity contribution is 7.99. The molecule has 0 radical (unpaired) electrons. The van der Waals surface area contributed by atoms with Crippen molar-refractivity contribution in [2.75, 3.05) is 18.9 Å². The van der Waals surface area contributed by atoms with Gasteiger partial charge < -0.3 is 10.1 Å². The molecule has 5 nitrogen and oxygen atoms in total. The molecule has 0 spiro atoms. The van der Waals surface area contributed by atoms with Gasteiger partial charge in [0, 0.05) is 17.4 Å². The number of ether oxygens (including phenoxy) is 1. The molecule has 0 aliphatic carbocycles. The zero-order valence-electron chi connectivity index (χ0n) is 14.3. The Morgan fingerprint density at radius 3 is 2.85 bits per heavy atom. The summed E-state index contributed by atoms with van der Waals surface area (Å²) < 4.78 is 20.7. The molecule has 0 fully saturated rings. The van der Waals surface area contributed by atoms with Crippen LogP contribution in [0.1, 0.15) is 0 Å². The Labute approximate surface area is 165 Å². The SMILES string of the molecule is O=C(CSc1nccn1-c1cccc(F)c1)NCCOc1ccc(Cl)cc1. The first-order valence-electron chi connectivity index (χ1n) is 8.19. The molecule has 0 aliphatic rings. The Bertz CT molecular complexity index is 902. The molecule has 0 saturated carbocycles. The van der Waals surface area contributed by atoms with Gasteiger partial charge in [0.15, 0.2) is 5.16 Å². The van der Waals surface area contributed by atoms with Gasteiger partial charge in [-0.15, -0.1) is 0 Å². The average Bonchev–Trinajstić information content (AvgIpc) is 3.14. The first-order valence-corrected chi connectivity index (χ1v) is 9.55. The zero-order chi connectivity index (χ0) is 19.1. The standard InChI is InChI=1S/C19H17ClFN3O2S/c20-14-4-6-17(7-5-14)26-11-9-22-18(25)13-27-19-23-8-10-24(19)16-3-1-2-15(21)12-16/h1-8,10,12H,9,11,13H2,(H,22,25). The minimum absolute atomic E-state index is 0.131. The molecule has 2 aromatic carbocycles. The molecule has 1 heterocycles. The van der Waals surface area contributed by atoms with E-state index in [-0.39, 0.29) is 17.5 Å². The molecular formula is C19H17ClFN3O2S. The minimum atomic E-state index is -0.324. The summed E-state index contributed by atoms with van der Waals surface area (Å²) in [6.45, 7) is 0.746. The lowest BCUT2D eigenvalue weighted by Gasteiger charge is -2.09. The van der Waals surface area contributed by atoms with Crippen LogP contribution >= 0.6 is 23.4 Å². The van der Waals surface area contributed by atoms with Crippen LogP contribution in [0.3, 0.4) is 0 Å². The molecule has 1 amide bonds. The fourth-order valence-corrected chi connectivity index (χ4v) is 3.22. The maximum Gasteiger partial charge on any atom is 0.230 e. The summed E-state index contributed by atoms with van der Waals surface area (Å²) in [6.07, 6.45) is 3.35. The van der Waals surface area contributed by atoms with Crippen LogP contribution < -0.4 is 10.1 Å². The third-order valence-corrected chi connectivity index (χ3v) is 4.75. The number of nitrogens with one attached hydrogen (secondary N) is 1. The zero-order valence-corrected chi connectivity index (χ0v) is 15.8. The summed E-state index contributed by atoms with van der Waals surface area (Å²) in [5.74, 6) is 0.442. The van der Waals surface area contributed by atoms with Crippen molar-refractivity contribution in [1.29, 1.82) is 0 Å². The number of nitrogens with zero attached hydrogens (tertiary/aromatic N) is 2. The Balaban J connectivity index is 1.43. The predicted molar refractivity (Wildman–Crippen MR) is 104 cm³/mol. The van der Waals surface area contributed by atoms with Crippen molar-refractivity contribution in [2.24, 2.45) is 0 Å². The van der Waals surface area contributed by atoms with Crippen LogP contribution in [0, 0.1) is 5.82 Å². The highest BCUT2D eigenvalue weighted by atomic mass is 35.5. The molecule has 3 rings (SSSR count). The minimum Gasteiger partial charge on any atom is -0.492 e. The molecule has 0 bridgehead atoms. The van der Waals surface area contributed by atoms with Gasteiger partial charge in [-0.05, 0) is 42.5 Å². The number of thioether (sulfide) groups is 1.